The molecule has 8 heteroatoms. The van der Waals surface area contributed by atoms with Crippen molar-refractivity contribution in [1.82, 2.24) is 14.9 Å². The van der Waals surface area contributed by atoms with Crippen molar-refractivity contribution in [3.05, 3.63) is 65.5 Å². The Kier molecular flexibility index (Phi) is 3.31. The normalized spacial score (nSPS) is 13.8. The lowest BCUT2D eigenvalue weighted by molar-refractivity contribution is -0.146. The average Bonchev–Trinajstić information content (AvgIpc) is 3.08. The predicted octanol–water partition coefficient (Wildman–Crippen LogP) is 3.87. The number of halogens is 3. The van der Waals surface area contributed by atoms with E-state index in [4.69, 9.17) is 5.84 Å². The number of hydrogen-bond donors (Lipinski definition) is 1. The lowest BCUT2D eigenvalue weighted by Gasteiger charge is -2.12. The van der Waals surface area contributed by atoms with Crippen LogP contribution < -0.4 is 5.84 Å². The Balaban J connectivity index is 1.77. The molecular weight excluding hydrogens is 337 g/mol. The van der Waals surface area contributed by atoms with Crippen LogP contribution in [0.15, 0.2) is 53.7 Å². The number of nitrogens with zero attached hydrogens (tertiary/aromatic N) is 3. The number of benzene rings is 2. The summed E-state index contributed by atoms with van der Waals surface area (Å²) in [6.45, 7) is 0. The van der Waals surface area contributed by atoms with Gasteiger partial charge >= 0.3 is 6.18 Å². The Morgan fingerprint density at radius 2 is 1.46 bits per heavy atom. The Morgan fingerprint density at radius 1 is 0.917 bits per heavy atom. The van der Waals surface area contributed by atoms with E-state index in [1.54, 1.807) is 0 Å². The average molecular weight is 348 g/mol. The van der Waals surface area contributed by atoms with Gasteiger partial charge in [0, 0.05) is 0 Å². The highest BCUT2D eigenvalue weighted by atomic mass is 32.2. The zero-order valence-electron chi connectivity index (χ0n) is 12.2. The summed E-state index contributed by atoms with van der Waals surface area (Å²) in [6, 6.07) is 15.6. The largest absolute Gasteiger partial charge is 0.453 e. The summed E-state index contributed by atoms with van der Waals surface area (Å²) in [6.07, 6.45) is -4.63. The topological polar surface area (TPSA) is 56.7 Å². The van der Waals surface area contributed by atoms with Gasteiger partial charge < -0.3 is 5.84 Å². The van der Waals surface area contributed by atoms with Crippen LogP contribution in [0.25, 0.3) is 11.1 Å². The molecule has 2 N–H and O–H groups in total. The Bertz CT molecular complexity index is 874. The standard InChI is InChI=1S/C16H11F3N4S/c17-16(18,19)14-21-22-15(23(14)20)24-13-11-7-3-1-5-9(11)10-6-2-4-8-12(10)13/h1-8,13H,20H2. The first-order valence-electron chi connectivity index (χ1n) is 7.09. The monoisotopic (exact) mass is 348 g/mol. The van der Waals surface area contributed by atoms with Gasteiger partial charge in [-0.1, -0.05) is 60.3 Å². The highest BCUT2D eigenvalue weighted by molar-refractivity contribution is 7.99. The van der Waals surface area contributed by atoms with Crippen molar-refractivity contribution in [2.24, 2.45) is 0 Å². The van der Waals surface area contributed by atoms with E-state index in [1.165, 1.54) is 0 Å². The highest BCUT2D eigenvalue weighted by Crippen LogP contribution is 2.51. The maximum absolute atomic E-state index is 12.8. The fraction of sp³-hybridized carbons (Fsp3) is 0.125. The minimum absolute atomic E-state index is 0.0267. The van der Waals surface area contributed by atoms with E-state index in [-0.39, 0.29) is 10.4 Å². The van der Waals surface area contributed by atoms with E-state index in [9.17, 15) is 13.2 Å². The van der Waals surface area contributed by atoms with Crippen LogP contribution in [-0.4, -0.2) is 14.9 Å². The lowest BCUT2D eigenvalue weighted by atomic mass is 10.1. The van der Waals surface area contributed by atoms with Gasteiger partial charge in [-0.3, -0.25) is 0 Å². The van der Waals surface area contributed by atoms with E-state index in [1.807, 2.05) is 48.5 Å². The maximum atomic E-state index is 12.8. The molecule has 2 aromatic carbocycles. The molecule has 0 saturated carbocycles. The minimum atomic E-state index is -4.63. The van der Waals surface area contributed by atoms with Gasteiger partial charge in [0.25, 0.3) is 5.82 Å². The second kappa shape index (κ2) is 5.27. The zero-order valence-corrected chi connectivity index (χ0v) is 13.0. The number of rotatable bonds is 2. The van der Waals surface area contributed by atoms with Crippen molar-refractivity contribution in [1.29, 1.82) is 0 Å². The molecule has 0 saturated heterocycles. The number of nitrogen functional groups attached to an aromatic ring is 1. The van der Waals surface area contributed by atoms with E-state index in [0.717, 1.165) is 34.0 Å². The predicted molar refractivity (Wildman–Crippen MR) is 84.8 cm³/mol. The van der Waals surface area contributed by atoms with Crippen LogP contribution in [0.2, 0.25) is 0 Å². The second-order valence-corrected chi connectivity index (χ2v) is 6.42. The maximum Gasteiger partial charge on any atom is 0.453 e. The number of nitrogens with two attached hydrogens (primary N) is 1. The fourth-order valence-electron chi connectivity index (χ4n) is 2.89. The smallest absolute Gasteiger partial charge is 0.335 e. The van der Waals surface area contributed by atoms with Gasteiger partial charge in [-0.2, -0.15) is 13.2 Å². The number of hydrogen-bond acceptors (Lipinski definition) is 4. The van der Waals surface area contributed by atoms with Gasteiger partial charge in [-0.15, -0.1) is 10.2 Å². The highest BCUT2D eigenvalue weighted by Gasteiger charge is 2.39. The molecule has 0 spiro atoms. The summed E-state index contributed by atoms with van der Waals surface area (Å²) in [7, 11) is 0. The molecule has 122 valence electrons. The van der Waals surface area contributed by atoms with Crippen LogP contribution in [0.3, 0.4) is 0 Å². The van der Waals surface area contributed by atoms with Gasteiger partial charge in [0.15, 0.2) is 0 Å². The SMILES string of the molecule is Nn1c(SC2c3ccccc3-c3ccccc32)nnc1C(F)(F)F. The molecule has 1 aliphatic carbocycles. The molecule has 0 unspecified atom stereocenters. The molecule has 0 bridgehead atoms. The summed E-state index contributed by atoms with van der Waals surface area (Å²) in [5.41, 5.74) is 4.20. The van der Waals surface area contributed by atoms with Crippen molar-refractivity contribution in [2.45, 2.75) is 16.6 Å². The van der Waals surface area contributed by atoms with Gasteiger partial charge in [0.1, 0.15) is 0 Å². The van der Waals surface area contributed by atoms with Crippen LogP contribution in [-0.2, 0) is 6.18 Å². The molecule has 0 radical (unpaired) electrons. The Labute approximate surface area is 139 Å². The van der Waals surface area contributed by atoms with Crippen LogP contribution in [0.5, 0.6) is 0 Å². The zero-order chi connectivity index (χ0) is 16.9. The van der Waals surface area contributed by atoms with Crippen molar-refractivity contribution in [3.63, 3.8) is 0 Å². The van der Waals surface area contributed by atoms with Crippen LogP contribution in [0, 0.1) is 0 Å². The molecule has 24 heavy (non-hydrogen) atoms. The van der Waals surface area contributed by atoms with E-state index >= 15 is 0 Å². The third kappa shape index (κ3) is 2.25. The van der Waals surface area contributed by atoms with E-state index < -0.39 is 12.0 Å². The van der Waals surface area contributed by atoms with Gasteiger partial charge in [0.05, 0.1) is 5.25 Å². The quantitative estimate of drug-likeness (QED) is 0.714. The molecule has 0 atom stereocenters. The minimum Gasteiger partial charge on any atom is -0.335 e. The summed E-state index contributed by atoms with van der Waals surface area (Å²) < 4.78 is 39.0. The second-order valence-electron chi connectivity index (χ2n) is 5.35. The lowest BCUT2D eigenvalue weighted by Crippen LogP contribution is -2.21. The summed E-state index contributed by atoms with van der Waals surface area (Å²) in [5, 5.41) is 6.66. The van der Waals surface area contributed by atoms with E-state index in [0.29, 0.717) is 4.68 Å². The van der Waals surface area contributed by atoms with Crippen LogP contribution >= 0.6 is 11.8 Å². The third-order valence-corrected chi connectivity index (χ3v) is 5.15. The molecule has 4 nitrogen and oxygen atoms in total. The molecule has 4 rings (SSSR count). The van der Waals surface area contributed by atoms with Crippen molar-refractivity contribution in [2.75, 3.05) is 5.84 Å². The molecule has 0 aliphatic heterocycles. The molecule has 0 fully saturated rings. The molecule has 0 amide bonds. The summed E-state index contributed by atoms with van der Waals surface area (Å²) in [4.78, 5) is 0. The molecule has 1 heterocycles. The number of aromatic nitrogens is 3. The molecular formula is C16H11F3N4S. The Morgan fingerprint density at radius 3 is 1.96 bits per heavy atom. The van der Waals surface area contributed by atoms with E-state index in [2.05, 4.69) is 10.2 Å². The molecule has 3 aromatic rings. The first-order valence-corrected chi connectivity index (χ1v) is 7.97. The van der Waals surface area contributed by atoms with Crippen LogP contribution in [0.1, 0.15) is 22.2 Å². The van der Waals surface area contributed by atoms with Gasteiger partial charge in [0.2, 0.25) is 5.16 Å². The Hall–Kier alpha value is -2.48. The number of alkyl halides is 3. The van der Waals surface area contributed by atoms with Crippen LogP contribution in [0.4, 0.5) is 13.2 Å². The van der Waals surface area contributed by atoms with Gasteiger partial charge in [-0.25, -0.2) is 4.68 Å². The number of fused-ring (bicyclic) bond motifs is 3. The van der Waals surface area contributed by atoms with Crippen molar-refractivity contribution < 1.29 is 13.2 Å². The number of thioether (sulfide) groups is 1. The summed E-state index contributed by atoms with van der Waals surface area (Å²) in [5.74, 6) is 4.35. The summed E-state index contributed by atoms with van der Waals surface area (Å²) >= 11 is 1.16. The third-order valence-electron chi connectivity index (χ3n) is 3.92. The molecule has 1 aliphatic rings. The first kappa shape index (κ1) is 15.1. The fourth-order valence-corrected chi connectivity index (χ4v) is 4.06. The molecule has 1 aromatic heterocycles. The van der Waals surface area contributed by atoms with Crippen molar-refractivity contribution >= 4 is 11.8 Å². The van der Waals surface area contributed by atoms with Gasteiger partial charge in [-0.05, 0) is 22.3 Å². The first-order chi connectivity index (χ1) is 11.5. The van der Waals surface area contributed by atoms with Crippen molar-refractivity contribution in [3.8, 4) is 11.1 Å².